The molecule has 7 nitrogen and oxygen atoms in total. The van der Waals surface area contributed by atoms with Gasteiger partial charge >= 0.3 is 5.97 Å². The predicted molar refractivity (Wildman–Crippen MR) is 56.5 cm³/mol. The van der Waals surface area contributed by atoms with Gasteiger partial charge in [-0.25, -0.2) is 4.79 Å². The minimum atomic E-state index is -1.08. The summed E-state index contributed by atoms with van der Waals surface area (Å²) in [5.41, 5.74) is 0.490. The van der Waals surface area contributed by atoms with Crippen molar-refractivity contribution in [3.63, 3.8) is 0 Å². The highest BCUT2D eigenvalue weighted by molar-refractivity contribution is 5.91. The molecule has 1 amide bonds. The van der Waals surface area contributed by atoms with Crippen LogP contribution in [-0.4, -0.2) is 26.7 Å². The Balaban J connectivity index is 2.03. The molecule has 0 aliphatic rings. The minimum absolute atomic E-state index is 0.0606. The quantitative estimate of drug-likeness (QED) is 0.817. The van der Waals surface area contributed by atoms with Gasteiger partial charge in [0.15, 0.2) is 0 Å². The lowest BCUT2D eigenvalue weighted by atomic mass is 10.4. The minimum Gasteiger partial charge on any atom is -0.477 e. The number of aromatic nitrogens is 2. The molecule has 0 bridgehead atoms. The van der Waals surface area contributed by atoms with Gasteiger partial charge in [-0.3, -0.25) is 4.79 Å². The number of amides is 1. The fourth-order valence-corrected chi connectivity index (χ4v) is 1.37. The molecule has 7 heteroatoms. The van der Waals surface area contributed by atoms with Crippen LogP contribution in [0.4, 0.5) is 5.69 Å². The molecule has 2 aromatic rings. The van der Waals surface area contributed by atoms with E-state index in [9.17, 15) is 9.59 Å². The van der Waals surface area contributed by atoms with Crippen LogP contribution < -0.4 is 5.32 Å². The number of carbonyl (C=O) groups is 2. The highest BCUT2D eigenvalue weighted by Crippen LogP contribution is 2.06. The van der Waals surface area contributed by atoms with Crippen molar-refractivity contribution in [3.8, 4) is 0 Å². The standard InChI is InChI=1S/C10H9N3O4/c14-9(12-7-4-11-17-6-7)5-13-3-1-2-8(13)10(15)16/h1-4,6H,5H2,(H,12,14)(H,15,16). The second-order valence-corrected chi connectivity index (χ2v) is 3.29. The maximum Gasteiger partial charge on any atom is 0.352 e. The van der Waals surface area contributed by atoms with Gasteiger partial charge in [-0.15, -0.1) is 0 Å². The Hall–Kier alpha value is -2.57. The van der Waals surface area contributed by atoms with Crippen LogP contribution >= 0.6 is 0 Å². The van der Waals surface area contributed by atoms with Gasteiger partial charge in [0.1, 0.15) is 24.2 Å². The maximum absolute atomic E-state index is 11.6. The highest BCUT2D eigenvalue weighted by Gasteiger charge is 2.11. The molecule has 0 unspecified atom stereocenters. The van der Waals surface area contributed by atoms with Crippen molar-refractivity contribution in [1.29, 1.82) is 0 Å². The molecule has 0 radical (unpaired) electrons. The molecule has 0 fully saturated rings. The van der Waals surface area contributed by atoms with E-state index in [-0.39, 0.29) is 18.1 Å². The molecule has 0 aliphatic carbocycles. The van der Waals surface area contributed by atoms with Gasteiger partial charge in [0, 0.05) is 6.20 Å². The van der Waals surface area contributed by atoms with Crippen molar-refractivity contribution >= 4 is 17.6 Å². The summed E-state index contributed by atoms with van der Waals surface area (Å²) in [6.07, 6.45) is 4.16. The Morgan fingerprint density at radius 3 is 3.00 bits per heavy atom. The fourth-order valence-electron chi connectivity index (χ4n) is 1.37. The lowest BCUT2D eigenvalue weighted by Gasteiger charge is -2.05. The number of carboxylic acids is 1. The van der Waals surface area contributed by atoms with Crippen molar-refractivity contribution in [2.24, 2.45) is 0 Å². The Morgan fingerprint density at radius 1 is 1.53 bits per heavy atom. The van der Waals surface area contributed by atoms with Crippen LogP contribution in [-0.2, 0) is 11.3 Å². The van der Waals surface area contributed by atoms with E-state index < -0.39 is 5.97 Å². The normalized spacial score (nSPS) is 10.1. The lowest BCUT2D eigenvalue weighted by molar-refractivity contribution is -0.116. The third-order valence-corrected chi connectivity index (χ3v) is 2.08. The number of hydrogen-bond donors (Lipinski definition) is 2. The van der Waals surface area contributed by atoms with E-state index in [0.29, 0.717) is 5.69 Å². The van der Waals surface area contributed by atoms with Crippen LogP contribution in [0.25, 0.3) is 0 Å². The van der Waals surface area contributed by atoms with E-state index in [1.54, 1.807) is 6.07 Å². The van der Waals surface area contributed by atoms with Gasteiger partial charge < -0.3 is 19.5 Å². The van der Waals surface area contributed by atoms with Crippen LogP contribution in [0.2, 0.25) is 0 Å². The molecule has 0 atom stereocenters. The number of carbonyl (C=O) groups excluding carboxylic acids is 1. The molecule has 0 spiro atoms. The molecule has 88 valence electrons. The van der Waals surface area contributed by atoms with Crippen LogP contribution in [0.3, 0.4) is 0 Å². The van der Waals surface area contributed by atoms with E-state index in [1.165, 1.54) is 29.3 Å². The first-order valence-electron chi connectivity index (χ1n) is 4.74. The van der Waals surface area contributed by atoms with Gasteiger partial charge in [-0.1, -0.05) is 5.16 Å². The average molecular weight is 235 g/mol. The Labute approximate surface area is 95.6 Å². The third-order valence-electron chi connectivity index (χ3n) is 2.08. The second-order valence-electron chi connectivity index (χ2n) is 3.29. The summed E-state index contributed by atoms with van der Waals surface area (Å²) >= 11 is 0. The number of carboxylic acid groups (broad SMARTS) is 1. The van der Waals surface area contributed by atoms with Crippen molar-refractivity contribution in [3.05, 3.63) is 36.5 Å². The van der Waals surface area contributed by atoms with Gasteiger partial charge in [0.2, 0.25) is 5.91 Å². The van der Waals surface area contributed by atoms with Crippen LogP contribution in [0.15, 0.2) is 35.3 Å². The smallest absolute Gasteiger partial charge is 0.352 e. The van der Waals surface area contributed by atoms with Crippen molar-refractivity contribution in [2.45, 2.75) is 6.54 Å². The summed E-state index contributed by atoms with van der Waals surface area (Å²) in [5, 5.41) is 14.8. The van der Waals surface area contributed by atoms with Crippen LogP contribution in [0.1, 0.15) is 10.5 Å². The van der Waals surface area contributed by atoms with Crippen LogP contribution in [0, 0.1) is 0 Å². The predicted octanol–water partition coefficient (Wildman–Crippen LogP) is 0.813. The second kappa shape index (κ2) is 4.52. The van der Waals surface area contributed by atoms with E-state index in [2.05, 4.69) is 15.0 Å². The van der Waals surface area contributed by atoms with E-state index in [4.69, 9.17) is 5.11 Å². The average Bonchev–Trinajstić information content (AvgIpc) is 2.88. The van der Waals surface area contributed by atoms with Crippen molar-refractivity contribution in [2.75, 3.05) is 5.32 Å². The number of nitrogens with zero attached hydrogens (tertiary/aromatic N) is 2. The first-order valence-corrected chi connectivity index (χ1v) is 4.74. The molecule has 2 aromatic heterocycles. The summed E-state index contributed by atoms with van der Waals surface area (Å²) in [6.45, 7) is -0.0835. The number of rotatable bonds is 4. The summed E-state index contributed by atoms with van der Waals surface area (Å²) in [7, 11) is 0. The Bertz CT molecular complexity index is 530. The number of aromatic carboxylic acids is 1. The van der Waals surface area contributed by atoms with Gasteiger partial charge in [0.25, 0.3) is 0 Å². The highest BCUT2D eigenvalue weighted by atomic mass is 16.5. The number of hydrogen-bond acceptors (Lipinski definition) is 4. The van der Waals surface area contributed by atoms with E-state index in [1.807, 2.05) is 0 Å². The molecule has 17 heavy (non-hydrogen) atoms. The SMILES string of the molecule is O=C(Cn1cccc1C(=O)O)Nc1cnoc1. The molecule has 0 saturated heterocycles. The summed E-state index contributed by atoms with van der Waals surface area (Å²) in [6, 6.07) is 2.99. The van der Waals surface area contributed by atoms with E-state index in [0.717, 1.165) is 0 Å². The van der Waals surface area contributed by atoms with Crippen molar-refractivity contribution in [1.82, 2.24) is 9.72 Å². The molecule has 0 aromatic carbocycles. The van der Waals surface area contributed by atoms with Gasteiger partial charge in [-0.05, 0) is 12.1 Å². The summed E-state index contributed by atoms with van der Waals surface area (Å²) < 4.78 is 5.89. The molecule has 0 aliphatic heterocycles. The zero-order valence-corrected chi connectivity index (χ0v) is 8.66. The first kappa shape index (κ1) is 10.9. The zero-order chi connectivity index (χ0) is 12.3. The number of nitrogens with one attached hydrogen (secondary N) is 1. The molecule has 2 N–H and O–H groups in total. The molecule has 2 rings (SSSR count). The van der Waals surface area contributed by atoms with Gasteiger partial charge in [-0.2, -0.15) is 0 Å². The summed E-state index contributed by atoms with van der Waals surface area (Å²) in [5.74, 6) is -1.43. The molecular formula is C10H9N3O4. The third kappa shape index (κ3) is 2.51. The topological polar surface area (TPSA) is 97.4 Å². The zero-order valence-electron chi connectivity index (χ0n) is 8.66. The summed E-state index contributed by atoms with van der Waals surface area (Å²) in [4.78, 5) is 22.4. The fraction of sp³-hybridized carbons (Fsp3) is 0.100. The molecule has 0 saturated carbocycles. The molecular weight excluding hydrogens is 226 g/mol. The Morgan fingerprint density at radius 2 is 2.35 bits per heavy atom. The maximum atomic E-state index is 11.6. The largest absolute Gasteiger partial charge is 0.477 e. The van der Waals surface area contributed by atoms with E-state index >= 15 is 0 Å². The molecule has 2 heterocycles. The monoisotopic (exact) mass is 235 g/mol. The Kier molecular flexibility index (Phi) is 2.91. The van der Waals surface area contributed by atoms with Gasteiger partial charge in [0.05, 0.1) is 6.20 Å². The lowest BCUT2D eigenvalue weighted by Crippen LogP contribution is -2.20. The van der Waals surface area contributed by atoms with Crippen LogP contribution in [0.5, 0.6) is 0 Å². The first-order chi connectivity index (χ1) is 8.16. The number of anilines is 1. The van der Waals surface area contributed by atoms with Crippen molar-refractivity contribution < 1.29 is 19.2 Å².